The van der Waals surface area contributed by atoms with E-state index in [1.807, 2.05) is 6.92 Å². The minimum atomic E-state index is 0.0607. The molecule has 0 aromatic carbocycles. The summed E-state index contributed by atoms with van der Waals surface area (Å²) in [5.41, 5.74) is 6.25. The van der Waals surface area contributed by atoms with E-state index in [2.05, 4.69) is 30.9 Å². The minimum Gasteiger partial charge on any atom is -0.339 e. The Balaban J connectivity index is 2.13. The fourth-order valence-corrected chi connectivity index (χ4v) is 2.22. The van der Waals surface area contributed by atoms with E-state index in [0.29, 0.717) is 17.2 Å². The van der Waals surface area contributed by atoms with Crippen molar-refractivity contribution in [3.63, 3.8) is 0 Å². The van der Waals surface area contributed by atoms with Crippen molar-refractivity contribution < 1.29 is 4.52 Å². The van der Waals surface area contributed by atoms with Crippen LogP contribution in [0.25, 0.3) is 0 Å². The van der Waals surface area contributed by atoms with Crippen molar-refractivity contribution in [3.05, 3.63) is 11.7 Å². The molecular weight excluding hydrogens is 202 g/mol. The number of hydrogen-bond acceptors (Lipinski definition) is 4. The Morgan fingerprint density at radius 3 is 2.62 bits per heavy atom. The smallest absolute Gasteiger partial charge is 0.231 e. The van der Waals surface area contributed by atoms with Crippen LogP contribution in [-0.4, -0.2) is 16.2 Å². The third kappa shape index (κ3) is 1.98. The second-order valence-corrected chi connectivity index (χ2v) is 5.61. The molecule has 0 spiro atoms. The zero-order valence-corrected chi connectivity index (χ0v) is 10.5. The molecule has 3 atom stereocenters. The highest BCUT2D eigenvalue weighted by Gasteiger charge is 2.49. The van der Waals surface area contributed by atoms with Crippen LogP contribution >= 0.6 is 0 Å². The maximum atomic E-state index is 5.91. The van der Waals surface area contributed by atoms with Gasteiger partial charge in [0.2, 0.25) is 5.89 Å². The molecule has 1 aromatic rings. The summed E-state index contributed by atoms with van der Waals surface area (Å²) in [5.74, 6) is 2.22. The van der Waals surface area contributed by atoms with Crippen molar-refractivity contribution >= 4 is 0 Å². The molecule has 0 saturated heterocycles. The molecule has 0 radical (unpaired) electrons. The lowest BCUT2D eigenvalue weighted by Gasteiger charge is -2.13. The van der Waals surface area contributed by atoms with Gasteiger partial charge in [0.1, 0.15) is 0 Å². The molecule has 2 N–H and O–H groups in total. The Labute approximate surface area is 96.6 Å². The van der Waals surface area contributed by atoms with E-state index in [4.69, 9.17) is 10.3 Å². The second kappa shape index (κ2) is 3.84. The van der Waals surface area contributed by atoms with Crippen LogP contribution in [0.1, 0.15) is 64.1 Å². The predicted octanol–water partition coefficient (Wildman–Crippen LogP) is 2.42. The topological polar surface area (TPSA) is 64.9 Å². The molecule has 3 unspecified atom stereocenters. The minimum absolute atomic E-state index is 0.0607. The van der Waals surface area contributed by atoms with E-state index in [9.17, 15) is 0 Å². The van der Waals surface area contributed by atoms with Gasteiger partial charge in [0.15, 0.2) is 5.82 Å². The van der Waals surface area contributed by atoms with Gasteiger partial charge in [-0.3, -0.25) is 0 Å². The summed E-state index contributed by atoms with van der Waals surface area (Å²) < 4.78 is 5.33. The Hall–Kier alpha value is -0.900. The van der Waals surface area contributed by atoms with E-state index in [-0.39, 0.29) is 12.0 Å². The Bertz CT molecular complexity index is 370. The molecule has 1 aromatic heterocycles. The van der Waals surface area contributed by atoms with Crippen LogP contribution in [0.4, 0.5) is 0 Å². The second-order valence-electron chi connectivity index (χ2n) is 5.61. The number of nitrogens with zero attached hydrogens (tertiary/aromatic N) is 2. The highest BCUT2D eigenvalue weighted by Crippen LogP contribution is 2.57. The molecule has 0 amide bonds. The highest BCUT2D eigenvalue weighted by molar-refractivity contribution is 5.15. The lowest BCUT2D eigenvalue weighted by atomic mass is 9.99. The summed E-state index contributed by atoms with van der Waals surface area (Å²) in [6.07, 6.45) is 2.09. The van der Waals surface area contributed by atoms with Crippen molar-refractivity contribution in [2.75, 3.05) is 0 Å². The van der Waals surface area contributed by atoms with Crippen LogP contribution in [-0.2, 0) is 0 Å². The third-order valence-corrected chi connectivity index (χ3v) is 3.67. The van der Waals surface area contributed by atoms with Crippen LogP contribution in [0.15, 0.2) is 4.52 Å². The Morgan fingerprint density at radius 2 is 2.19 bits per heavy atom. The molecule has 1 fully saturated rings. The van der Waals surface area contributed by atoms with Crippen molar-refractivity contribution in [2.24, 2.45) is 11.1 Å². The average molecular weight is 223 g/mol. The summed E-state index contributed by atoms with van der Waals surface area (Å²) in [4.78, 5) is 4.50. The zero-order valence-electron chi connectivity index (χ0n) is 10.5. The van der Waals surface area contributed by atoms with Crippen LogP contribution < -0.4 is 5.73 Å². The third-order valence-electron chi connectivity index (χ3n) is 3.67. The van der Waals surface area contributed by atoms with Crippen LogP contribution in [0.2, 0.25) is 0 Å². The molecular formula is C12H21N3O. The monoisotopic (exact) mass is 223 g/mol. The molecule has 1 aliphatic rings. The van der Waals surface area contributed by atoms with E-state index in [1.165, 1.54) is 0 Å². The van der Waals surface area contributed by atoms with Gasteiger partial charge in [-0.2, -0.15) is 4.98 Å². The van der Waals surface area contributed by atoms with Gasteiger partial charge < -0.3 is 10.3 Å². The molecule has 1 heterocycles. The van der Waals surface area contributed by atoms with Crippen molar-refractivity contribution in [3.8, 4) is 0 Å². The van der Waals surface area contributed by atoms with Gasteiger partial charge >= 0.3 is 0 Å². The standard InChI is InChI=1S/C12H21N3O/c1-5-8(7(2)13)11-14-10(15-16-11)9-6-12(9,3)4/h7-9H,5-6,13H2,1-4H3. The van der Waals surface area contributed by atoms with E-state index in [1.54, 1.807) is 0 Å². The molecule has 16 heavy (non-hydrogen) atoms. The van der Waals surface area contributed by atoms with E-state index < -0.39 is 0 Å². The Kier molecular flexibility index (Phi) is 2.78. The van der Waals surface area contributed by atoms with Gasteiger partial charge in [0.25, 0.3) is 0 Å². The number of rotatable bonds is 4. The molecule has 4 nitrogen and oxygen atoms in total. The van der Waals surface area contributed by atoms with E-state index >= 15 is 0 Å². The van der Waals surface area contributed by atoms with Crippen LogP contribution in [0.5, 0.6) is 0 Å². The van der Waals surface area contributed by atoms with Gasteiger partial charge in [-0.1, -0.05) is 25.9 Å². The van der Waals surface area contributed by atoms with Gasteiger partial charge in [-0.25, -0.2) is 0 Å². The maximum Gasteiger partial charge on any atom is 0.231 e. The zero-order chi connectivity index (χ0) is 11.9. The summed E-state index contributed by atoms with van der Waals surface area (Å²) in [6, 6.07) is 0.0607. The average Bonchev–Trinajstić information content (AvgIpc) is 2.62. The molecule has 1 saturated carbocycles. The first-order chi connectivity index (χ1) is 7.45. The lowest BCUT2D eigenvalue weighted by molar-refractivity contribution is 0.330. The van der Waals surface area contributed by atoms with Crippen molar-refractivity contribution in [2.45, 2.75) is 58.4 Å². The predicted molar refractivity (Wildman–Crippen MR) is 62.1 cm³/mol. The molecule has 2 rings (SSSR count). The van der Waals surface area contributed by atoms with Gasteiger partial charge in [0.05, 0.1) is 5.92 Å². The number of nitrogens with two attached hydrogens (primary N) is 1. The number of aromatic nitrogens is 2. The van der Waals surface area contributed by atoms with E-state index in [0.717, 1.165) is 18.7 Å². The van der Waals surface area contributed by atoms with Gasteiger partial charge in [0, 0.05) is 12.0 Å². The van der Waals surface area contributed by atoms with Crippen LogP contribution in [0, 0.1) is 5.41 Å². The van der Waals surface area contributed by atoms with Crippen molar-refractivity contribution in [1.82, 2.24) is 10.1 Å². The molecule has 4 heteroatoms. The molecule has 0 bridgehead atoms. The summed E-state index contributed by atoms with van der Waals surface area (Å²) in [5, 5.41) is 4.08. The van der Waals surface area contributed by atoms with Gasteiger partial charge in [-0.05, 0) is 25.2 Å². The Morgan fingerprint density at radius 1 is 1.56 bits per heavy atom. The SMILES string of the molecule is CCC(c1nc(C2CC2(C)C)no1)C(C)N. The summed E-state index contributed by atoms with van der Waals surface area (Å²) in [7, 11) is 0. The van der Waals surface area contributed by atoms with Crippen LogP contribution in [0.3, 0.4) is 0 Å². The quantitative estimate of drug-likeness (QED) is 0.851. The first-order valence-corrected chi connectivity index (χ1v) is 6.04. The fraction of sp³-hybridized carbons (Fsp3) is 0.833. The van der Waals surface area contributed by atoms with Crippen molar-refractivity contribution in [1.29, 1.82) is 0 Å². The highest BCUT2D eigenvalue weighted by atomic mass is 16.5. The summed E-state index contributed by atoms with van der Waals surface area (Å²) in [6.45, 7) is 8.55. The largest absolute Gasteiger partial charge is 0.339 e. The first kappa shape index (κ1) is 11.6. The van der Waals surface area contributed by atoms with Gasteiger partial charge in [-0.15, -0.1) is 0 Å². The molecule has 1 aliphatic carbocycles. The lowest BCUT2D eigenvalue weighted by Crippen LogP contribution is -2.24. The normalized spacial score (nSPS) is 26.4. The number of hydrogen-bond donors (Lipinski definition) is 1. The molecule has 0 aliphatic heterocycles. The molecule has 90 valence electrons. The fourth-order valence-electron chi connectivity index (χ4n) is 2.22. The first-order valence-electron chi connectivity index (χ1n) is 6.04. The summed E-state index contributed by atoms with van der Waals surface area (Å²) >= 11 is 0. The maximum absolute atomic E-state index is 5.91.